The molecule has 2 aromatic carbocycles. The highest BCUT2D eigenvalue weighted by Crippen LogP contribution is 2.43. The topological polar surface area (TPSA) is 30.2 Å². The van der Waals surface area contributed by atoms with Gasteiger partial charge in [-0.15, -0.1) is 11.8 Å². The molecule has 0 radical (unpaired) electrons. The number of fused-ring (bicyclic) bond motifs is 5. The van der Waals surface area contributed by atoms with Crippen LogP contribution >= 0.6 is 11.8 Å². The van der Waals surface area contributed by atoms with E-state index in [0.717, 1.165) is 16.9 Å². The molecular formula is C16H10O2S. The van der Waals surface area contributed by atoms with Crippen LogP contribution in [0.2, 0.25) is 0 Å². The molecule has 4 rings (SSSR count). The van der Waals surface area contributed by atoms with Gasteiger partial charge in [-0.1, -0.05) is 30.3 Å². The van der Waals surface area contributed by atoms with Gasteiger partial charge in [0, 0.05) is 22.3 Å². The average Bonchev–Trinajstić information content (AvgIpc) is 2.47. The van der Waals surface area contributed by atoms with Crippen molar-refractivity contribution in [3.8, 4) is 11.3 Å². The molecule has 0 amide bonds. The zero-order chi connectivity index (χ0) is 12.8. The first-order valence-corrected chi connectivity index (χ1v) is 7.09. The monoisotopic (exact) mass is 266 g/mol. The smallest absolute Gasteiger partial charge is 0.189 e. The van der Waals surface area contributed by atoms with E-state index in [-0.39, 0.29) is 5.43 Å². The first kappa shape index (κ1) is 10.9. The molecule has 3 aromatic rings. The molecule has 0 N–H and O–H groups in total. The average molecular weight is 266 g/mol. The standard InChI is InChI=1S/C16H10O2S/c17-14-7-8-18-15-12-6-5-10-3-1-2-4-11(10)16(12)19-9-13(14)15/h1-8H,9H2. The normalized spacial score (nSPS) is 13.1. The molecule has 1 aliphatic rings. The summed E-state index contributed by atoms with van der Waals surface area (Å²) in [4.78, 5) is 13.1. The number of benzene rings is 2. The lowest BCUT2D eigenvalue weighted by molar-refractivity contribution is 0.557. The van der Waals surface area contributed by atoms with Crippen LogP contribution in [0.15, 0.2) is 62.8 Å². The minimum Gasteiger partial charge on any atom is -0.464 e. The van der Waals surface area contributed by atoms with Crippen molar-refractivity contribution >= 4 is 22.5 Å². The Balaban J connectivity index is 2.11. The fraction of sp³-hybridized carbons (Fsp3) is 0.0625. The molecule has 3 heteroatoms. The van der Waals surface area contributed by atoms with Gasteiger partial charge in [-0.3, -0.25) is 4.79 Å². The third kappa shape index (κ3) is 1.55. The van der Waals surface area contributed by atoms with Crippen LogP contribution in [-0.4, -0.2) is 0 Å². The minimum atomic E-state index is 0.0626. The Morgan fingerprint density at radius 3 is 2.89 bits per heavy atom. The van der Waals surface area contributed by atoms with Gasteiger partial charge in [0.2, 0.25) is 0 Å². The summed E-state index contributed by atoms with van der Waals surface area (Å²) < 4.78 is 5.59. The van der Waals surface area contributed by atoms with Crippen LogP contribution in [-0.2, 0) is 5.75 Å². The summed E-state index contributed by atoms with van der Waals surface area (Å²) in [5, 5.41) is 2.44. The molecule has 0 atom stereocenters. The molecule has 1 aromatic heterocycles. The lowest BCUT2D eigenvalue weighted by atomic mass is 10.0. The van der Waals surface area contributed by atoms with Crippen molar-refractivity contribution in [1.29, 1.82) is 0 Å². The molecule has 0 unspecified atom stereocenters. The van der Waals surface area contributed by atoms with E-state index in [1.807, 2.05) is 18.2 Å². The van der Waals surface area contributed by atoms with Crippen molar-refractivity contribution in [2.75, 3.05) is 0 Å². The Bertz CT molecular complexity index is 849. The first-order chi connectivity index (χ1) is 9.34. The van der Waals surface area contributed by atoms with Gasteiger partial charge in [0.25, 0.3) is 0 Å². The van der Waals surface area contributed by atoms with E-state index in [9.17, 15) is 4.79 Å². The zero-order valence-corrected chi connectivity index (χ0v) is 10.9. The van der Waals surface area contributed by atoms with E-state index in [4.69, 9.17) is 4.42 Å². The molecule has 19 heavy (non-hydrogen) atoms. The third-order valence-corrected chi connectivity index (χ3v) is 4.62. The zero-order valence-electron chi connectivity index (χ0n) is 10.1. The Morgan fingerprint density at radius 1 is 1.05 bits per heavy atom. The van der Waals surface area contributed by atoms with E-state index < -0.39 is 0 Å². The molecule has 0 saturated carbocycles. The van der Waals surface area contributed by atoms with Crippen molar-refractivity contribution in [3.05, 3.63) is 64.5 Å². The SMILES string of the molecule is O=c1ccoc2c1CSc1c-2ccc2ccccc12. The molecule has 0 saturated heterocycles. The third-order valence-electron chi connectivity index (χ3n) is 3.46. The summed E-state index contributed by atoms with van der Waals surface area (Å²) in [5.74, 6) is 1.41. The van der Waals surface area contributed by atoms with Crippen molar-refractivity contribution in [1.82, 2.24) is 0 Å². The van der Waals surface area contributed by atoms with Crippen LogP contribution in [0, 0.1) is 0 Å². The summed E-state index contributed by atoms with van der Waals surface area (Å²) in [6, 6.07) is 13.9. The second-order valence-electron chi connectivity index (χ2n) is 4.54. The van der Waals surface area contributed by atoms with Gasteiger partial charge in [-0.25, -0.2) is 0 Å². The molecule has 0 spiro atoms. The van der Waals surface area contributed by atoms with E-state index >= 15 is 0 Å². The van der Waals surface area contributed by atoms with Crippen LogP contribution in [0.4, 0.5) is 0 Å². The summed E-state index contributed by atoms with van der Waals surface area (Å²) in [5.41, 5.74) is 1.87. The maximum Gasteiger partial charge on any atom is 0.189 e. The molecule has 92 valence electrons. The van der Waals surface area contributed by atoms with Crippen LogP contribution in [0.3, 0.4) is 0 Å². The van der Waals surface area contributed by atoms with Crippen LogP contribution in [0.5, 0.6) is 0 Å². The van der Waals surface area contributed by atoms with Gasteiger partial charge in [0.1, 0.15) is 5.76 Å². The molecule has 0 aliphatic carbocycles. The van der Waals surface area contributed by atoms with Gasteiger partial charge < -0.3 is 4.42 Å². The second kappa shape index (κ2) is 4.00. The quantitative estimate of drug-likeness (QED) is 0.614. The molecule has 1 aliphatic heterocycles. The Morgan fingerprint density at radius 2 is 1.95 bits per heavy atom. The minimum absolute atomic E-state index is 0.0626. The first-order valence-electron chi connectivity index (χ1n) is 6.10. The van der Waals surface area contributed by atoms with E-state index in [2.05, 4.69) is 18.2 Å². The van der Waals surface area contributed by atoms with Crippen LogP contribution in [0.25, 0.3) is 22.1 Å². The fourth-order valence-electron chi connectivity index (χ4n) is 2.53. The molecular weight excluding hydrogens is 256 g/mol. The van der Waals surface area contributed by atoms with Crippen LogP contribution in [0.1, 0.15) is 5.56 Å². The number of thioether (sulfide) groups is 1. The van der Waals surface area contributed by atoms with Gasteiger partial charge in [0.15, 0.2) is 5.43 Å². The number of hydrogen-bond donors (Lipinski definition) is 0. The summed E-state index contributed by atoms with van der Waals surface area (Å²) in [6.45, 7) is 0. The summed E-state index contributed by atoms with van der Waals surface area (Å²) >= 11 is 1.72. The van der Waals surface area contributed by atoms with Crippen molar-refractivity contribution in [2.24, 2.45) is 0 Å². The van der Waals surface area contributed by atoms with Crippen molar-refractivity contribution in [3.63, 3.8) is 0 Å². The predicted octanol–water partition coefficient (Wildman–Crippen LogP) is 4.07. The number of rotatable bonds is 0. The lowest BCUT2D eigenvalue weighted by Gasteiger charge is -2.18. The largest absolute Gasteiger partial charge is 0.464 e. The fourth-order valence-corrected chi connectivity index (χ4v) is 3.75. The predicted molar refractivity (Wildman–Crippen MR) is 77.5 cm³/mol. The Labute approximate surface area is 114 Å². The Hall–Kier alpha value is -2.00. The second-order valence-corrected chi connectivity index (χ2v) is 5.53. The summed E-state index contributed by atoms with van der Waals surface area (Å²) in [7, 11) is 0. The van der Waals surface area contributed by atoms with E-state index in [1.165, 1.54) is 28.0 Å². The van der Waals surface area contributed by atoms with E-state index in [1.54, 1.807) is 11.8 Å². The highest BCUT2D eigenvalue weighted by atomic mass is 32.2. The highest BCUT2D eigenvalue weighted by Gasteiger charge is 2.22. The molecule has 2 heterocycles. The summed E-state index contributed by atoms with van der Waals surface area (Å²) in [6.07, 6.45) is 1.48. The number of hydrogen-bond acceptors (Lipinski definition) is 3. The molecule has 0 fully saturated rings. The lowest BCUT2D eigenvalue weighted by Crippen LogP contribution is -2.10. The van der Waals surface area contributed by atoms with Gasteiger partial charge in [-0.2, -0.15) is 0 Å². The Kier molecular flexibility index (Phi) is 2.29. The van der Waals surface area contributed by atoms with Crippen LogP contribution < -0.4 is 5.43 Å². The van der Waals surface area contributed by atoms with Crippen molar-refractivity contribution in [2.45, 2.75) is 10.6 Å². The van der Waals surface area contributed by atoms with Gasteiger partial charge in [-0.05, 0) is 16.8 Å². The molecule has 2 nitrogen and oxygen atoms in total. The maximum atomic E-state index is 11.9. The van der Waals surface area contributed by atoms with Gasteiger partial charge >= 0.3 is 0 Å². The van der Waals surface area contributed by atoms with E-state index in [0.29, 0.717) is 5.75 Å². The maximum absolute atomic E-state index is 11.9. The van der Waals surface area contributed by atoms with Crippen molar-refractivity contribution < 1.29 is 4.42 Å². The highest BCUT2D eigenvalue weighted by molar-refractivity contribution is 7.99. The van der Waals surface area contributed by atoms with Gasteiger partial charge in [0.05, 0.1) is 11.8 Å². The molecule has 0 bridgehead atoms.